The van der Waals surface area contributed by atoms with Crippen LogP contribution in [-0.4, -0.2) is 10.7 Å². The number of nitrogen functional groups attached to an aromatic ring is 1. The molecular formula is C13H14BrClN4S. The Bertz CT molecular complexity index is 596. The van der Waals surface area contributed by atoms with Gasteiger partial charge in [0, 0.05) is 26.9 Å². The topological polar surface area (TPSA) is 77.0 Å². The summed E-state index contributed by atoms with van der Waals surface area (Å²) in [5, 5.41) is 0.542. The maximum Gasteiger partial charge on any atom is 0.128 e. The van der Waals surface area contributed by atoms with Gasteiger partial charge in [-0.2, -0.15) is 0 Å². The van der Waals surface area contributed by atoms with Gasteiger partial charge in [0.2, 0.25) is 0 Å². The molecule has 0 spiro atoms. The van der Waals surface area contributed by atoms with Crippen molar-refractivity contribution in [2.24, 2.45) is 5.84 Å². The predicted octanol–water partition coefficient (Wildman–Crippen LogP) is 3.38. The third kappa shape index (κ3) is 3.86. The summed E-state index contributed by atoms with van der Waals surface area (Å²) in [6, 6.07) is 9.68. The van der Waals surface area contributed by atoms with Gasteiger partial charge in [0.25, 0.3) is 0 Å². The average molecular weight is 374 g/mol. The lowest BCUT2D eigenvalue weighted by atomic mass is 10.1. The Morgan fingerprint density at radius 1 is 1.40 bits per heavy atom. The standard InChI is InChI=1S/C13H14BrClN4S/c14-10-3-1-2-4-12(10)20-7-11(19-17)9-5-8(15)6-18-13(9)16/h1-6,11,19H,7,17H2,(H2,16,18). The fourth-order valence-corrected chi connectivity index (χ4v) is 3.50. The van der Waals surface area contributed by atoms with E-state index in [4.69, 9.17) is 23.2 Å². The number of thioether (sulfide) groups is 1. The van der Waals surface area contributed by atoms with Crippen molar-refractivity contribution in [1.29, 1.82) is 0 Å². The second-order valence-electron chi connectivity index (χ2n) is 4.09. The maximum atomic E-state index is 5.96. The molecular weight excluding hydrogens is 360 g/mol. The van der Waals surface area contributed by atoms with Gasteiger partial charge in [-0.25, -0.2) is 4.98 Å². The Hall–Kier alpha value is -0.790. The maximum absolute atomic E-state index is 5.96. The number of benzene rings is 1. The van der Waals surface area contributed by atoms with Crippen molar-refractivity contribution in [2.45, 2.75) is 10.9 Å². The van der Waals surface area contributed by atoms with E-state index in [9.17, 15) is 0 Å². The van der Waals surface area contributed by atoms with Crippen molar-refractivity contribution in [1.82, 2.24) is 10.4 Å². The van der Waals surface area contributed by atoms with Gasteiger partial charge in [0.1, 0.15) is 5.82 Å². The largest absolute Gasteiger partial charge is 0.383 e. The van der Waals surface area contributed by atoms with Gasteiger partial charge < -0.3 is 5.73 Å². The zero-order chi connectivity index (χ0) is 14.5. The van der Waals surface area contributed by atoms with Crippen molar-refractivity contribution < 1.29 is 0 Å². The van der Waals surface area contributed by atoms with Crippen LogP contribution in [0.25, 0.3) is 0 Å². The predicted molar refractivity (Wildman–Crippen MR) is 88.6 cm³/mol. The Balaban J connectivity index is 2.13. The number of hydrogen-bond donors (Lipinski definition) is 3. The molecule has 2 rings (SSSR count). The Labute approximate surface area is 135 Å². The lowest BCUT2D eigenvalue weighted by molar-refractivity contribution is 0.610. The molecule has 0 saturated heterocycles. The van der Waals surface area contributed by atoms with E-state index < -0.39 is 0 Å². The minimum absolute atomic E-state index is 0.127. The lowest BCUT2D eigenvalue weighted by Crippen LogP contribution is -2.30. The van der Waals surface area contributed by atoms with Crippen LogP contribution in [-0.2, 0) is 0 Å². The number of hydrogen-bond acceptors (Lipinski definition) is 5. The van der Waals surface area contributed by atoms with Crippen LogP contribution in [0.15, 0.2) is 45.9 Å². The van der Waals surface area contributed by atoms with E-state index in [0.717, 1.165) is 14.9 Å². The molecule has 106 valence electrons. The minimum atomic E-state index is -0.127. The fraction of sp³-hybridized carbons (Fsp3) is 0.154. The van der Waals surface area contributed by atoms with Crippen LogP contribution in [0, 0.1) is 0 Å². The van der Waals surface area contributed by atoms with Crippen LogP contribution in [0.4, 0.5) is 5.82 Å². The van der Waals surface area contributed by atoms with Gasteiger partial charge in [-0.15, -0.1) is 11.8 Å². The molecule has 1 aromatic carbocycles. The third-order valence-electron chi connectivity index (χ3n) is 2.73. The molecule has 0 fully saturated rings. The number of nitrogens with zero attached hydrogens (tertiary/aromatic N) is 1. The van der Waals surface area contributed by atoms with Crippen LogP contribution < -0.4 is 17.0 Å². The summed E-state index contributed by atoms with van der Waals surface area (Å²) < 4.78 is 1.05. The zero-order valence-electron chi connectivity index (χ0n) is 10.5. The van der Waals surface area contributed by atoms with E-state index in [2.05, 4.69) is 26.3 Å². The highest BCUT2D eigenvalue weighted by Crippen LogP contribution is 2.31. The summed E-state index contributed by atoms with van der Waals surface area (Å²) in [5.41, 5.74) is 9.45. The second-order valence-corrected chi connectivity index (χ2v) is 6.44. The van der Waals surface area contributed by atoms with Crippen molar-refractivity contribution in [3.8, 4) is 0 Å². The third-order valence-corrected chi connectivity index (χ3v) is 5.06. The Morgan fingerprint density at radius 3 is 2.85 bits per heavy atom. The van der Waals surface area contributed by atoms with Crippen LogP contribution in [0.3, 0.4) is 0 Å². The number of pyridine rings is 1. The molecule has 2 aromatic rings. The van der Waals surface area contributed by atoms with Gasteiger partial charge in [0.15, 0.2) is 0 Å². The highest BCUT2D eigenvalue weighted by molar-refractivity contribution is 9.10. The number of nitrogens with one attached hydrogen (secondary N) is 1. The number of rotatable bonds is 5. The Morgan fingerprint density at radius 2 is 2.15 bits per heavy atom. The van der Waals surface area contributed by atoms with Crippen molar-refractivity contribution in [3.63, 3.8) is 0 Å². The summed E-state index contributed by atoms with van der Waals surface area (Å²) in [7, 11) is 0. The fourth-order valence-electron chi connectivity index (χ4n) is 1.71. The summed E-state index contributed by atoms with van der Waals surface area (Å²) in [5.74, 6) is 6.77. The van der Waals surface area contributed by atoms with E-state index in [1.54, 1.807) is 17.8 Å². The monoisotopic (exact) mass is 372 g/mol. The van der Waals surface area contributed by atoms with E-state index in [0.29, 0.717) is 16.6 Å². The molecule has 0 aliphatic carbocycles. The van der Waals surface area contributed by atoms with Gasteiger partial charge in [-0.3, -0.25) is 11.3 Å². The molecule has 0 bridgehead atoms. The number of anilines is 1. The molecule has 0 aliphatic heterocycles. The van der Waals surface area contributed by atoms with Crippen molar-refractivity contribution >= 4 is 45.1 Å². The molecule has 1 atom stereocenters. The number of halogens is 2. The van der Waals surface area contributed by atoms with Crippen LogP contribution in [0.5, 0.6) is 0 Å². The molecule has 0 saturated carbocycles. The van der Waals surface area contributed by atoms with E-state index in [-0.39, 0.29) is 6.04 Å². The molecule has 4 nitrogen and oxygen atoms in total. The number of aromatic nitrogens is 1. The smallest absolute Gasteiger partial charge is 0.128 e. The van der Waals surface area contributed by atoms with E-state index in [1.165, 1.54) is 6.20 Å². The normalized spacial score (nSPS) is 12.3. The number of nitrogens with two attached hydrogens (primary N) is 2. The summed E-state index contributed by atoms with van der Waals surface area (Å²) in [6.45, 7) is 0. The molecule has 0 amide bonds. The summed E-state index contributed by atoms with van der Waals surface area (Å²) in [6.07, 6.45) is 1.52. The highest BCUT2D eigenvalue weighted by Gasteiger charge is 2.15. The minimum Gasteiger partial charge on any atom is -0.383 e. The van der Waals surface area contributed by atoms with Crippen LogP contribution >= 0.6 is 39.3 Å². The molecule has 20 heavy (non-hydrogen) atoms. The Kier molecular flexibility index (Phi) is 5.68. The van der Waals surface area contributed by atoms with Gasteiger partial charge in [0.05, 0.1) is 11.1 Å². The van der Waals surface area contributed by atoms with E-state index in [1.807, 2.05) is 24.3 Å². The zero-order valence-corrected chi connectivity index (χ0v) is 13.7. The summed E-state index contributed by atoms with van der Waals surface area (Å²) >= 11 is 11.2. The molecule has 1 aromatic heterocycles. The molecule has 0 radical (unpaired) electrons. The molecule has 1 unspecified atom stereocenters. The van der Waals surface area contributed by atoms with Crippen LogP contribution in [0.1, 0.15) is 11.6 Å². The van der Waals surface area contributed by atoms with Gasteiger partial charge >= 0.3 is 0 Å². The first kappa shape index (κ1) is 15.6. The molecule has 7 heteroatoms. The number of hydrazine groups is 1. The van der Waals surface area contributed by atoms with Crippen molar-refractivity contribution in [3.05, 3.63) is 51.6 Å². The average Bonchev–Trinajstić information content (AvgIpc) is 2.45. The summed E-state index contributed by atoms with van der Waals surface area (Å²) in [4.78, 5) is 5.19. The molecule has 1 heterocycles. The highest BCUT2D eigenvalue weighted by atomic mass is 79.9. The quantitative estimate of drug-likeness (QED) is 0.425. The first-order chi connectivity index (χ1) is 9.61. The van der Waals surface area contributed by atoms with Gasteiger partial charge in [-0.1, -0.05) is 23.7 Å². The molecule has 5 N–H and O–H groups in total. The SMILES string of the molecule is NNC(CSc1ccccc1Br)c1cc(Cl)cnc1N. The molecule has 0 aliphatic rings. The van der Waals surface area contributed by atoms with E-state index >= 15 is 0 Å². The second kappa shape index (κ2) is 7.28. The van der Waals surface area contributed by atoms with Crippen LogP contribution in [0.2, 0.25) is 5.02 Å². The lowest BCUT2D eigenvalue weighted by Gasteiger charge is -2.17. The first-order valence-corrected chi connectivity index (χ1v) is 8.02. The first-order valence-electron chi connectivity index (χ1n) is 5.86. The van der Waals surface area contributed by atoms with Crippen molar-refractivity contribution in [2.75, 3.05) is 11.5 Å². The van der Waals surface area contributed by atoms with Gasteiger partial charge in [-0.05, 0) is 34.1 Å².